The second-order valence-electron chi connectivity index (χ2n) is 7.41. The number of nitrogens with one attached hydrogen (secondary N) is 1. The number of fused-ring (bicyclic) bond motifs is 3. The van der Waals surface area contributed by atoms with Crippen molar-refractivity contribution in [2.45, 2.75) is 32.2 Å². The van der Waals surface area contributed by atoms with Gasteiger partial charge in [0, 0.05) is 11.1 Å². The van der Waals surface area contributed by atoms with Gasteiger partial charge in [-0.05, 0) is 42.9 Å². The molecule has 6 nitrogen and oxygen atoms in total. The third-order valence-electron chi connectivity index (χ3n) is 5.28. The SMILES string of the molecule is OCCn1cc(Nc2nc(/C=C/c3ccccc3)nc3sc4c(c23)CCCC4)cn1. The Morgan fingerprint density at radius 1 is 1.10 bits per heavy atom. The minimum atomic E-state index is 0.0609. The summed E-state index contributed by atoms with van der Waals surface area (Å²) in [6.07, 6.45) is 12.3. The van der Waals surface area contributed by atoms with E-state index in [1.165, 1.54) is 23.3 Å². The van der Waals surface area contributed by atoms with E-state index in [-0.39, 0.29) is 6.61 Å². The van der Waals surface area contributed by atoms with Crippen LogP contribution >= 0.6 is 11.3 Å². The highest BCUT2D eigenvalue weighted by Crippen LogP contribution is 2.39. The van der Waals surface area contributed by atoms with Gasteiger partial charge in [-0.3, -0.25) is 4.68 Å². The molecule has 1 aliphatic rings. The Bertz CT molecular complexity index is 1200. The Labute approximate surface area is 178 Å². The molecule has 4 aromatic rings. The van der Waals surface area contributed by atoms with Gasteiger partial charge in [0.15, 0.2) is 5.82 Å². The lowest BCUT2D eigenvalue weighted by Gasteiger charge is -2.12. The molecule has 0 unspecified atom stereocenters. The van der Waals surface area contributed by atoms with Crippen molar-refractivity contribution >= 4 is 45.2 Å². The summed E-state index contributed by atoms with van der Waals surface area (Å²) in [6.45, 7) is 0.533. The predicted octanol–water partition coefficient (Wildman–Crippen LogP) is 4.67. The molecular formula is C23H23N5OS. The third-order valence-corrected chi connectivity index (χ3v) is 6.47. The summed E-state index contributed by atoms with van der Waals surface area (Å²) in [6, 6.07) is 10.2. The van der Waals surface area contributed by atoms with E-state index in [1.807, 2.05) is 36.5 Å². The fraction of sp³-hybridized carbons (Fsp3) is 0.261. The van der Waals surface area contributed by atoms with E-state index >= 15 is 0 Å². The second-order valence-corrected chi connectivity index (χ2v) is 8.49. The van der Waals surface area contributed by atoms with Crippen LogP contribution in [0.25, 0.3) is 22.4 Å². The van der Waals surface area contributed by atoms with E-state index in [0.29, 0.717) is 12.4 Å². The van der Waals surface area contributed by atoms with Gasteiger partial charge < -0.3 is 10.4 Å². The quantitative estimate of drug-likeness (QED) is 0.477. The van der Waals surface area contributed by atoms with Gasteiger partial charge in [0.1, 0.15) is 10.6 Å². The largest absolute Gasteiger partial charge is 0.394 e. The first-order chi connectivity index (χ1) is 14.8. The molecule has 30 heavy (non-hydrogen) atoms. The number of aliphatic hydroxyl groups is 1. The summed E-state index contributed by atoms with van der Waals surface area (Å²) >= 11 is 1.79. The average molecular weight is 418 g/mol. The fourth-order valence-electron chi connectivity index (χ4n) is 3.86. The maximum atomic E-state index is 9.15. The number of nitrogens with zero attached hydrogens (tertiary/aromatic N) is 4. The molecule has 0 spiro atoms. The van der Waals surface area contributed by atoms with Crippen molar-refractivity contribution in [3.63, 3.8) is 0 Å². The van der Waals surface area contributed by atoms with Crippen LogP contribution in [-0.4, -0.2) is 31.5 Å². The number of benzene rings is 1. The number of aromatic nitrogens is 4. The Balaban J connectivity index is 1.56. The molecule has 152 valence electrons. The van der Waals surface area contributed by atoms with Gasteiger partial charge in [-0.15, -0.1) is 11.3 Å². The van der Waals surface area contributed by atoms with Crippen LogP contribution < -0.4 is 5.32 Å². The minimum Gasteiger partial charge on any atom is -0.394 e. The molecule has 7 heteroatoms. The molecule has 0 atom stereocenters. The monoisotopic (exact) mass is 417 g/mol. The van der Waals surface area contributed by atoms with Gasteiger partial charge in [0.05, 0.1) is 30.4 Å². The zero-order chi connectivity index (χ0) is 20.3. The maximum Gasteiger partial charge on any atom is 0.155 e. The van der Waals surface area contributed by atoms with Gasteiger partial charge in [-0.2, -0.15) is 5.10 Å². The smallest absolute Gasteiger partial charge is 0.155 e. The summed E-state index contributed by atoms with van der Waals surface area (Å²) in [4.78, 5) is 12.2. The molecule has 0 bridgehead atoms. The molecule has 0 amide bonds. The van der Waals surface area contributed by atoms with Crippen molar-refractivity contribution in [1.29, 1.82) is 0 Å². The first kappa shape index (κ1) is 19.0. The van der Waals surface area contributed by atoms with E-state index in [4.69, 9.17) is 15.1 Å². The predicted molar refractivity (Wildman–Crippen MR) is 122 cm³/mol. The lowest BCUT2D eigenvalue weighted by Crippen LogP contribution is -2.03. The molecule has 5 rings (SSSR count). The van der Waals surface area contributed by atoms with Gasteiger partial charge in [-0.25, -0.2) is 9.97 Å². The Morgan fingerprint density at radius 2 is 1.97 bits per heavy atom. The standard InChI is InChI=1S/C23H23N5OS/c29-13-12-28-15-17(14-24-28)25-22-21-18-8-4-5-9-19(18)30-23(21)27-20(26-22)11-10-16-6-2-1-3-7-16/h1-3,6-7,10-11,14-15,29H,4-5,8-9,12-13H2,(H,25,26,27)/b11-10+. The Hall–Kier alpha value is -3.03. The van der Waals surface area contributed by atoms with Crippen LogP contribution in [0.4, 0.5) is 11.5 Å². The van der Waals surface area contributed by atoms with Crippen LogP contribution in [0.1, 0.15) is 34.7 Å². The highest BCUT2D eigenvalue weighted by atomic mass is 32.1. The van der Waals surface area contributed by atoms with E-state index in [9.17, 15) is 0 Å². The van der Waals surface area contributed by atoms with E-state index in [1.54, 1.807) is 22.2 Å². The molecule has 0 saturated carbocycles. The van der Waals surface area contributed by atoms with Crippen LogP contribution in [0.15, 0.2) is 42.7 Å². The van der Waals surface area contributed by atoms with Crippen molar-refractivity contribution in [2.24, 2.45) is 0 Å². The van der Waals surface area contributed by atoms with Crippen LogP contribution in [0.2, 0.25) is 0 Å². The van der Waals surface area contributed by atoms with Crippen molar-refractivity contribution in [3.05, 3.63) is 64.6 Å². The number of thiophene rings is 1. The number of aryl methyl sites for hydroxylation is 2. The van der Waals surface area contributed by atoms with Crippen LogP contribution in [0, 0.1) is 0 Å². The Morgan fingerprint density at radius 3 is 2.83 bits per heavy atom. The molecular weight excluding hydrogens is 394 g/mol. The van der Waals surface area contributed by atoms with E-state index < -0.39 is 0 Å². The summed E-state index contributed by atoms with van der Waals surface area (Å²) in [5.74, 6) is 1.52. The summed E-state index contributed by atoms with van der Waals surface area (Å²) in [5.41, 5.74) is 3.37. The minimum absolute atomic E-state index is 0.0609. The Kier molecular flexibility index (Phi) is 5.29. The number of anilines is 2. The van der Waals surface area contributed by atoms with Crippen LogP contribution in [0.3, 0.4) is 0 Å². The highest BCUT2D eigenvalue weighted by molar-refractivity contribution is 7.19. The number of rotatable bonds is 6. The molecule has 1 aliphatic carbocycles. The third kappa shape index (κ3) is 3.86. The highest BCUT2D eigenvalue weighted by Gasteiger charge is 2.21. The summed E-state index contributed by atoms with van der Waals surface area (Å²) < 4.78 is 1.72. The van der Waals surface area contributed by atoms with Crippen LogP contribution in [0.5, 0.6) is 0 Å². The van der Waals surface area contributed by atoms with Gasteiger partial charge in [-0.1, -0.05) is 36.4 Å². The molecule has 0 fully saturated rings. The molecule has 3 aromatic heterocycles. The van der Waals surface area contributed by atoms with E-state index in [2.05, 4.69) is 22.5 Å². The van der Waals surface area contributed by atoms with Crippen LogP contribution in [-0.2, 0) is 19.4 Å². The van der Waals surface area contributed by atoms with Gasteiger partial charge in [0.25, 0.3) is 0 Å². The molecule has 2 N–H and O–H groups in total. The lowest BCUT2D eigenvalue weighted by molar-refractivity contribution is 0.269. The molecule has 3 heterocycles. The first-order valence-corrected chi connectivity index (χ1v) is 11.1. The zero-order valence-corrected chi connectivity index (χ0v) is 17.4. The van der Waals surface area contributed by atoms with Crippen molar-refractivity contribution in [3.8, 4) is 0 Å². The lowest BCUT2D eigenvalue weighted by atomic mass is 9.97. The number of hydrogen-bond donors (Lipinski definition) is 2. The molecule has 1 aromatic carbocycles. The maximum absolute atomic E-state index is 9.15. The molecule has 0 radical (unpaired) electrons. The van der Waals surface area contributed by atoms with Crippen molar-refractivity contribution < 1.29 is 5.11 Å². The average Bonchev–Trinajstić information content (AvgIpc) is 3.37. The molecule has 0 saturated heterocycles. The second kappa shape index (κ2) is 8.38. The number of aliphatic hydroxyl groups excluding tert-OH is 1. The van der Waals surface area contributed by atoms with Gasteiger partial charge >= 0.3 is 0 Å². The van der Waals surface area contributed by atoms with Gasteiger partial charge in [0.2, 0.25) is 0 Å². The molecule has 0 aliphatic heterocycles. The van der Waals surface area contributed by atoms with E-state index in [0.717, 1.165) is 40.1 Å². The fourth-order valence-corrected chi connectivity index (χ4v) is 5.13. The topological polar surface area (TPSA) is 75.9 Å². The zero-order valence-electron chi connectivity index (χ0n) is 16.6. The first-order valence-electron chi connectivity index (χ1n) is 10.3. The normalized spacial score (nSPS) is 13.8. The van der Waals surface area contributed by atoms with Crippen molar-refractivity contribution in [1.82, 2.24) is 19.7 Å². The van der Waals surface area contributed by atoms with Crippen molar-refractivity contribution in [2.75, 3.05) is 11.9 Å². The summed E-state index contributed by atoms with van der Waals surface area (Å²) in [5, 5.41) is 18.0. The number of hydrogen-bond acceptors (Lipinski definition) is 6. The summed E-state index contributed by atoms with van der Waals surface area (Å²) in [7, 11) is 0.